The molecule has 0 aliphatic rings. The molecule has 4 heteroatoms. The molecule has 4 nitrogen and oxygen atoms in total. The number of hydrogen-bond acceptors (Lipinski definition) is 3. The van der Waals surface area contributed by atoms with E-state index in [9.17, 15) is 10.1 Å². The minimum atomic E-state index is -0.495. The molecule has 0 spiro atoms. The summed E-state index contributed by atoms with van der Waals surface area (Å²) in [5, 5.41) is 12.5. The number of nitrogens with zero attached hydrogens (tertiary/aromatic N) is 1. The lowest BCUT2D eigenvalue weighted by Crippen LogP contribution is -2.40. The summed E-state index contributed by atoms with van der Waals surface area (Å²) in [4.78, 5) is 12.2. The second-order valence-electron chi connectivity index (χ2n) is 6.46. The van der Waals surface area contributed by atoms with Crippen LogP contribution in [-0.4, -0.2) is 12.1 Å². The second kappa shape index (κ2) is 9.48. The van der Waals surface area contributed by atoms with Crippen molar-refractivity contribution in [1.29, 1.82) is 5.26 Å². The third-order valence-corrected chi connectivity index (χ3v) is 3.94. The van der Waals surface area contributed by atoms with E-state index in [1.54, 1.807) is 0 Å². The van der Waals surface area contributed by atoms with E-state index in [-0.39, 0.29) is 12.6 Å². The Hall–Kier alpha value is -2.80. The maximum atomic E-state index is 12.2. The number of alkyl carbamates (subject to hydrolysis) is 1. The summed E-state index contributed by atoms with van der Waals surface area (Å²) in [5.41, 5.74) is 1.83. The van der Waals surface area contributed by atoms with Crippen LogP contribution in [-0.2, 0) is 11.3 Å². The molecule has 0 bridgehead atoms. The van der Waals surface area contributed by atoms with Crippen molar-refractivity contribution in [3.05, 3.63) is 71.8 Å². The number of ether oxygens (including phenoxy) is 1. The van der Waals surface area contributed by atoms with Gasteiger partial charge in [-0.3, -0.25) is 0 Å². The van der Waals surface area contributed by atoms with Crippen LogP contribution < -0.4 is 5.32 Å². The molecule has 25 heavy (non-hydrogen) atoms. The molecule has 2 aromatic carbocycles. The van der Waals surface area contributed by atoms with Gasteiger partial charge in [-0.1, -0.05) is 74.5 Å². The molecule has 0 saturated heterocycles. The van der Waals surface area contributed by atoms with Crippen LogP contribution in [0.1, 0.15) is 37.3 Å². The van der Waals surface area contributed by atoms with Gasteiger partial charge in [0.25, 0.3) is 0 Å². The van der Waals surface area contributed by atoms with Gasteiger partial charge >= 0.3 is 6.09 Å². The molecule has 0 aromatic heterocycles. The Kier molecular flexibility index (Phi) is 7.03. The van der Waals surface area contributed by atoms with Crippen LogP contribution in [0.3, 0.4) is 0 Å². The Bertz CT molecular complexity index is 693. The minimum absolute atomic E-state index is 0.212. The van der Waals surface area contributed by atoms with E-state index >= 15 is 0 Å². The van der Waals surface area contributed by atoms with Crippen molar-refractivity contribution in [3.8, 4) is 6.07 Å². The molecule has 0 aliphatic heterocycles. The molecular formula is C21H24N2O2. The molecule has 1 N–H and O–H groups in total. The highest BCUT2D eigenvalue weighted by atomic mass is 16.5. The quantitative estimate of drug-likeness (QED) is 0.801. The third-order valence-electron chi connectivity index (χ3n) is 3.94. The maximum absolute atomic E-state index is 12.2. The Morgan fingerprint density at radius 2 is 1.68 bits per heavy atom. The van der Waals surface area contributed by atoms with E-state index in [0.29, 0.717) is 12.3 Å². The highest BCUT2D eigenvalue weighted by Crippen LogP contribution is 2.23. The summed E-state index contributed by atoms with van der Waals surface area (Å²) in [6, 6.07) is 21.1. The van der Waals surface area contributed by atoms with Crippen molar-refractivity contribution in [1.82, 2.24) is 5.32 Å². The lowest BCUT2D eigenvalue weighted by Gasteiger charge is -2.25. The highest BCUT2D eigenvalue weighted by Gasteiger charge is 2.26. The summed E-state index contributed by atoms with van der Waals surface area (Å²) in [6.07, 6.45) is 0.207. The first-order valence-corrected chi connectivity index (χ1v) is 8.52. The van der Waals surface area contributed by atoms with Crippen molar-refractivity contribution in [2.75, 3.05) is 0 Å². The van der Waals surface area contributed by atoms with Crippen molar-refractivity contribution < 1.29 is 9.53 Å². The minimum Gasteiger partial charge on any atom is -0.445 e. The van der Waals surface area contributed by atoms with Crippen molar-refractivity contribution in [2.45, 2.75) is 38.8 Å². The Labute approximate surface area is 149 Å². The van der Waals surface area contributed by atoms with Gasteiger partial charge in [-0.25, -0.2) is 4.79 Å². The molecule has 0 saturated carbocycles. The van der Waals surface area contributed by atoms with E-state index in [2.05, 4.69) is 25.2 Å². The van der Waals surface area contributed by atoms with Crippen LogP contribution in [0.4, 0.5) is 4.79 Å². The first-order valence-electron chi connectivity index (χ1n) is 8.52. The van der Waals surface area contributed by atoms with Gasteiger partial charge in [-0.05, 0) is 23.5 Å². The zero-order valence-corrected chi connectivity index (χ0v) is 14.7. The topological polar surface area (TPSA) is 62.1 Å². The molecule has 0 unspecified atom stereocenters. The monoisotopic (exact) mass is 336 g/mol. The fourth-order valence-corrected chi connectivity index (χ4v) is 2.76. The average Bonchev–Trinajstić information content (AvgIpc) is 2.62. The first kappa shape index (κ1) is 18.5. The van der Waals surface area contributed by atoms with Crippen molar-refractivity contribution in [2.24, 2.45) is 5.92 Å². The SMILES string of the molecule is CC(C)C[C@H](NC(=O)OCc1ccccc1)[C@H](C#N)c1ccccc1. The summed E-state index contributed by atoms with van der Waals surface area (Å²) in [6.45, 7) is 4.36. The van der Waals surface area contributed by atoms with E-state index in [1.165, 1.54) is 0 Å². The van der Waals surface area contributed by atoms with Crippen LogP contribution in [0.15, 0.2) is 60.7 Å². The van der Waals surface area contributed by atoms with Gasteiger partial charge < -0.3 is 10.1 Å². The second-order valence-corrected chi connectivity index (χ2v) is 6.46. The predicted molar refractivity (Wildman–Crippen MR) is 97.8 cm³/mol. The summed E-state index contributed by atoms with van der Waals surface area (Å²) >= 11 is 0. The number of carbonyl (C=O) groups is 1. The van der Waals surface area contributed by atoms with Gasteiger partial charge in [0.1, 0.15) is 6.61 Å². The van der Waals surface area contributed by atoms with Gasteiger partial charge in [0.05, 0.1) is 18.0 Å². The summed E-state index contributed by atoms with van der Waals surface area (Å²) in [7, 11) is 0. The Balaban J connectivity index is 2.03. The number of rotatable bonds is 7. The zero-order valence-electron chi connectivity index (χ0n) is 14.7. The van der Waals surface area contributed by atoms with E-state index < -0.39 is 12.0 Å². The van der Waals surface area contributed by atoms with Crippen LogP contribution in [0.2, 0.25) is 0 Å². The zero-order chi connectivity index (χ0) is 18.1. The Morgan fingerprint density at radius 1 is 1.08 bits per heavy atom. The van der Waals surface area contributed by atoms with Crippen LogP contribution in [0.25, 0.3) is 0 Å². The van der Waals surface area contributed by atoms with E-state index in [0.717, 1.165) is 11.1 Å². The highest BCUT2D eigenvalue weighted by molar-refractivity contribution is 5.68. The van der Waals surface area contributed by atoms with E-state index in [1.807, 2.05) is 60.7 Å². The molecule has 0 aliphatic carbocycles. The molecule has 2 aromatic rings. The molecule has 2 rings (SSSR count). The van der Waals surface area contributed by atoms with Gasteiger partial charge in [-0.2, -0.15) is 5.26 Å². The van der Waals surface area contributed by atoms with Crippen molar-refractivity contribution >= 4 is 6.09 Å². The van der Waals surface area contributed by atoms with Gasteiger partial charge in [0.2, 0.25) is 0 Å². The number of nitrogens with one attached hydrogen (secondary N) is 1. The van der Waals surface area contributed by atoms with Crippen molar-refractivity contribution in [3.63, 3.8) is 0 Å². The van der Waals surface area contributed by atoms with E-state index in [4.69, 9.17) is 4.74 Å². The van der Waals surface area contributed by atoms with Crippen LogP contribution >= 0.6 is 0 Å². The average molecular weight is 336 g/mol. The van der Waals surface area contributed by atoms with Gasteiger partial charge in [-0.15, -0.1) is 0 Å². The molecule has 0 heterocycles. The number of hydrogen-bond donors (Lipinski definition) is 1. The number of carbonyl (C=O) groups excluding carboxylic acids is 1. The molecule has 0 radical (unpaired) electrons. The molecule has 2 atom stereocenters. The summed E-state index contributed by atoms with van der Waals surface area (Å²) in [5.74, 6) is -0.0631. The first-order chi connectivity index (χ1) is 12.1. The lowest BCUT2D eigenvalue weighted by molar-refractivity contribution is 0.133. The maximum Gasteiger partial charge on any atom is 0.407 e. The van der Waals surface area contributed by atoms with Crippen LogP contribution in [0, 0.1) is 17.2 Å². The third kappa shape index (κ3) is 5.96. The fourth-order valence-electron chi connectivity index (χ4n) is 2.76. The van der Waals surface area contributed by atoms with Crippen LogP contribution in [0.5, 0.6) is 0 Å². The fraction of sp³-hybridized carbons (Fsp3) is 0.333. The number of nitriles is 1. The largest absolute Gasteiger partial charge is 0.445 e. The van der Waals surface area contributed by atoms with Gasteiger partial charge in [0.15, 0.2) is 0 Å². The Morgan fingerprint density at radius 3 is 2.24 bits per heavy atom. The molecule has 130 valence electrons. The molecule has 1 amide bonds. The number of amides is 1. The smallest absolute Gasteiger partial charge is 0.407 e. The predicted octanol–water partition coefficient (Wildman–Crippen LogP) is 4.63. The standard InChI is InChI=1S/C21H24N2O2/c1-16(2)13-20(19(14-22)18-11-7-4-8-12-18)23-21(24)25-15-17-9-5-3-6-10-17/h3-12,16,19-20H,13,15H2,1-2H3,(H,23,24)/t19-,20+/m1/s1. The number of benzene rings is 2. The lowest BCUT2D eigenvalue weighted by atomic mass is 9.87. The molecular weight excluding hydrogens is 312 g/mol. The van der Waals surface area contributed by atoms with Gasteiger partial charge in [0, 0.05) is 0 Å². The normalized spacial score (nSPS) is 12.9. The summed E-state index contributed by atoms with van der Waals surface area (Å²) < 4.78 is 5.31. The molecule has 0 fully saturated rings.